The Labute approximate surface area is 153 Å². The molecule has 0 unspecified atom stereocenters. The zero-order chi connectivity index (χ0) is 18.2. The van der Waals surface area contributed by atoms with Crippen LogP contribution in [-0.4, -0.2) is 24.1 Å². The van der Waals surface area contributed by atoms with Gasteiger partial charge in [0.1, 0.15) is 23.8 Å². The summed E-state index contributed by atoms with van der Waals surface area (Å²) in [6, 6.07) is 18.6. The number of nitriles is 1. The Morgan fingerprint density at radius 1 is 1.00 bits per heavy atom. The molecule has 0 radical (unpaired) electrons. The van der Waals surface area contributed by atoms with Gasteiger partial charge in [0.05, 0.1) is 5.57 Å². The van der Waals surface area contributed by atoms with Crippen LogP contribution >= 0.6 is 0 Å². The smallest absolute Gasteiger partial charge is 0.414 e. The average molecular weight is 348 g/mol. The number of allylic oxidation sites excluding steroid dienone is 1. The fraction of sp³-hybridized carbons (Fsp3) is 0.238. The molecule has 1 fully saturated rings. The maximum atomic E-state index is 12.1. The normalized spacial score (nSPS) is 14.4. The van der Waals surface area contributed by atoms with Crippen molar-refractivity contribution < 1.29 is 14.3 Å². The lowest BCUT2D eigenvalue weighted by atomic mass is 10.1. The van der Waals surface area contributed by atoms with E-state index in [2.05, 4.69) is 6.07 Å². The zero-order valence-electron chi connectivity index (χ0n) is 14.4. The molecule has 0 aliphatic carbocycles. The van der Waals surface area contributed by atoms with E-state index in [1.165, 1.54) is 6.26 Å². The van der Waals surface area contributed by atoms with E-state index in [0.29, 0.717) is 30.2 Å². The van der Waals surface area contributed by atoms with Crippen molar-refractivity contribution >= 4 is 11.7 Å². The molecule has 0 aromatic heterocycles. The SMILES string of the molecule is N#C/C(=C\OC(=O)N1CCCCC1)c1cccc(Oc2ccccc2)c1. The van der Waals surface area contributed by atoms with Crippen molar-refractivity contribution in [2.45, 2.75) is 19.3 Å². The first-order valence-electron chi connectivity index (χ1n) is 8.65. The number of piperidine rings is 1. The van der Waals surface area contributed by atoms with Crippen molar-refractivity contribution in [1.29, 1.82) is 5.26 Å². The molecular weight excluding hydrogens is 328 g/mol. The van der Waals surface area contributed by atoms with Crippen molar-refractivity contribution in [1.82, 2.24) is 4.90 Å². The Balaban J connectivity index is 1.70. The van der Waals surface area contributed by atoms with Gasteiger partial charge in [0, 0.05) is 13.1 Å². The van der Waals surface area contributed by atoms with Gasteiger partial charge in [-0.15, -0.1) is 0 Å². The average Bonchev–Trinajstić information content (AvgIpc) is 2.70. The van der Waals surface area contributed by atoms with Gasteiger partial charge in [-0.25, -0.2) is 4.79 Å². The highest BCUT2D eigenvalue weighted by Gasteiger charge is 2.17. The van der Waals surface area contributed by atoms with E-state index in [1.807, 2.05) is 36.4 Å². The number of amides is 1. The summed E-state index contributed by atoms with van der Waals surface area (Å²) in [7, 11) is 0. The van der Waals surface area contributed by atoms with Crippen molar-refractivity contribution in [3.05, 3.63) is 66.4 Å². The Morgan fingerprint density at radius 2 is 1.73 bits per heavy atom. The van der Waals surface area contributed by atoms with Gasteiger partial charge in [0.25, 0.3) is 0 Å². The molecule has 1 saturated heterocycles. The molecule has 5 heteroatoms. The molecule has 2 aromatic carbocycles. The van der Waals surface area contributed by atoms with Crippen molar-refractivity contribution in [2.24, 2.45) is 0 Å². The number of carbonyl (C=O) groups excluding carboxylic acids is 1. The molecule has 0 atom stereocenters. The summed E-state index contributed by atoms with van der Waals surface area (Å²) in [6.45, 7) is 1.41. The van der Waals surface area contributed by atoms with Gasteiger partial charge < -0.3 is 14.4 Å². The molecule has 1 aliphatic rings. The van der Waals surface area contributed by atoms with Crippen molar-refractivity contribution in [3.8, 4) is 17.6 Å². The van der Waals surface area contributed by atoms with Gasteiger partial charge in [0.15, 0.2) is 0 Å². The van der Waals surface area contributed by atoms with Gasteiger partial charge in [-0.3, -0.25) is 0 Å². The van der Waals surface area contributed by atoms with E-state index in [9.17, 15) is 10.1 Å². The maximum Gasteiger partial charge on any atom is 0.414 e. The quantitative estimate of drug-likeness (QED) is 0.578. The predicted molar refractivity (Wildman–Crippen MR) is 98.5 cm³/mol. The van der Waals surface area contributed by atoms with Crippen molar-refractivity contribution in [2.75, 3.05) is 13.1 Å². The molecule has 2 aromatic rings. The third-order valence-corrected chi connectivity index (χ3v) is 4.14. The largest absolute Gasteiger partial charge is 0.457 e. The Kier molecular flexibility index (Phi) is 5.89. The highest BCUT2D eigenvalue weighted by molar-refractivity contribution is 5.78. The summed E-state index contributed by atoms with van der Waals surface area (Å²) < 4.78 is 11.0. The molecular formula is C21H20N2O3. The molecule has 26 heavy (non-hydrogen) atoms. The Bertz CT molecular complexity index is 819. The number of ether oxygens (including phenoxy) is 2. The molecule has 1 aliphatic heterocycles. The fourth-order valence-corrected chi connectivity index (χ4v) is 2.77. The maximum absolute atomic E-state index is 12.1. The van der Waals surface area contributed by atoms with Crippen LogP contribution < -0.4 is 4.74 Å². The fourth-order valence-electron chi connectivity index (χ4n) is 2.77. The van der Waals surface area contributed by atoms with E-state index >= 15 is 0 Å². The van der Waals surface area contributed by atoms with Gasteiger partial charge in [-0.2, -0.15) is 5.26 Å². The number of hydrogen-bond donors (Lipinski definition) is 0. The summed E-state index contributed by atoms with van der Waals surface area (Å²) in [5.74, 6) is 1.32. The number of nitrogens with zero attached hydrogens (tertiary/aromatic N) is 2. The number of para-hydroxylation sites is 1. The van der Waals surface area contributed by atoms with Crippen molar-refractivity contribution in [3.63, 3.8) is 0 Å². The van der Waals surface area contributed by atoms with Crippen LogP contribution in [-0.2, 0) is 4.74 Å². The Morgan fingerprint density at radius 3 is 2.46 bits per heavy atom. The van der Waals surface area contributed by atoms with Crippen LogP contribution in [0.4, 0.5) is 4.79 Å². The second-order valence-electron chi connectivity index (χ2n) is 6.02. The highest BCUT2D eigenvalue weighted by atomic mass is 16.5. The van der Waals surface area contributed by atoms with Crippen LogP contribution in [0.1, 0.15) is 24.8 Å². The van der Waals surface area contributed by atoms with E-state index in [1.54, 1.807) is 23.1 Å². The third kappa shape index (κ3) is 4.64. The lowest BCUT2D eigenvalue weighted by Gasteiger charge is -2.24. The first-order chi connectivity index (χ1) is 12.8. The molecule has 1 amide bonds. The Hall–Kier alpha value is -3.26. The van der Waals surface area contributed by atoms with Crippen LogP contribution in [0.3, 0.4) is 0 Å². The van der Waals surface area contributed by atoms with Crippen LogP contribution in [0.25, 0.3) is 5.57 Å². The minimum atomic E-state index is -0.408. The van der Waals surface area contributed by atoms with Crippen LogP contribution in [0.5, 0.6) is 11.5 Å². The van der Waals surface area contributed by atoms with E-state index < -0.39 is 6.09 Å². The molecule has 132 valence electrons. The molecule has 0 N–H and O–H groups in total. The summed E-state index contributed by atoms with van der Waals surface area (Å²) in [5.41, 5.74) is 0.904. The van der Waals surface area contributed by atoms with Gasteiger partial charge in [-0.05, 0) is 49.1 Å². The summed E-state index contributed by atoms with van der Waals surface area (Å²) in [5, 5.41) is 9.42. The zero-order valence-corrected chi connectivity index (χ0v) is 14.4. The molecule has 5 nitrogen and oxygen atoms in total. The molecule has 3 rings (SSSR count). The van der Waals surface area contributed by atoms with Gasteiger partial charge >= 0.3 is 6.09 Å². The summed E-state index contributed by atoms with van der Waals surface area (Å²) >= 11 is 0. The van der Waals surface area contributed by atoms with E-state index in [0.717, 1.165) is 19.3 Å². The lowest BCUT2D eigenvalue weighted by molar-refractivity contribution is 0.128. The van der Waals surface area contributed by atoms with Crippen LogP contribution in [0.2, 0.25) is 0 Å². The summed E-state index contributed by atoms with van der Waals surface area (Å²) in [6.07, 6.45) is 3.93. The highest BCUT2D eigenvalue weighted by Crippen LogP contribution is 2.25. The van der Waals surface area contributed by atoms with Gasteiger partial charge in [-0.1, -0.05) is 30.3 Å². The first kappa shape index (κ1) is 17.6. The minimum absolute atomic E-state index is 0.272. The van der Waals surface area contributed by atoms with E-state index in [4.69, 9.17) is 9.47 Å². The molecule has 0 saturated carbocycles. The number of carbonyl (C=O) groups is 1. The monoisotopic (exact) mass is 348 g/mol. The van der Waals surface area contributed by atoms with Crippen LogP contribution in [0, 0.1) is 11.3 Å². The predicted octanol–water partition coefficient (Wildman–Crippen LogP) is 4.97. The number of hydrogen-bond acceptors (Lipinski definition) is 4. The second-order valence-corrected chi connectivity index (χ2v) is 6.02. The lowest BCUT2D eigenvalue weighted by Crippen LogP contribution is -2.35. The number of likely N-dealkylation sites (tertiary alicyclic amines) is 1. The number of rotatable bonds is 4. The van der Waals surface area contributed by atoms with Crippen LogP contribution in [0.15, 0.2) is 60.9 Å². The number of benzene rings is 2. The topological polar surface area (TPSA) is 62.6 Å². The summed E-state index contributed by atoms with van der Waals surface area (Å²) in [4.78, 5) is 13.8. The molecule has 0 bridgehead atoms. The first-order valence-corrected chi connectivity index (χ1v) is 8.65. The van der Waals surface area contributed by atoms with E-state index in [-0.39, 0.29) is 5.57 Å². The third-order valence-electron chi connectivity index (χ3n) is 4.14. The van der Waals surface area contributed by atoms with Gasteiger partial charge in [0.2, 0.25) is 0 Å². The molecule has 1 heterocycles. The standard InChI is InChI=1S/C21H20N2O3/c22-15-18(16-25-21(24)23-12-5-2-6-13-23)17-8-7-11-20(14-17)26-19-9-3-1-4-10-19/h1,3-4,7-11,14,16H,2,5-6,12-13H2/b18-16+. The second kappa shape index (κ2) is 8.72. The minimum Gasteiger partial charge on any atom is -0.457 e. The molecule has 0 spiro atoms.